The van der Waals surface area contributed by atoms with Crippen LogP contribution < -0.4 is 0 Å². The number of hydrogen-bond acceptors (Lipinski definition) is 2. The van der Waals surface area contributed by atoms with Crippen molar-refractivity contribution in [3.8, 4) is 78.4 Å². The van der Waals surface area contributed by atoms with Crippen molar-refractivity contribution in [1.29, 1.82) is 0 Å². The van der Waals surface area contributed by atoms with Crippen LogP contribution in [0.15, 0.2) is 182 Å². The van der Waals surface area contributed by atoms with Gasteiger partial charge in [-0.15, -0.1) is 0 Å². The number of fused-ring (bicyclic) bond motifs is 3. The maximum atomic E-state index is 5.15. The van der Waals surface area contributed by atoms with E-state index in [2.05, 4.69) is 184 Å². The van der Waals surface area contributed by atoms with E-state index in [1.165, 1.54) is 50.1 Å². The summed E-state index contributed by atoms with van der Waals surface area (Å²) in [6.45, 7) is 4.68. The quantitative estimate of drug-likeness (QED) is 0.179. The highest BCUT2D eigenvalue weighted by Gasteiger charge is 2.35. The third-order valence-corrected chi connectivity index (χ3v) is 10.3. The van der Waals surface area contributed by atoms with E-state index >= 15 is 0 Å². The fourth-order valence-corrected chi connectivity index (χ4v) is 7.54. The van der Waals surface area contributed by atoms with Gasteiger partial charge in [-0.2, -0.15) is 0 Å². The van der Waals surface area contributed by atoms with E-state index in [0.29, 0.717) is 5.82 Å². The molecule has 0 amide bonds. The zero-order valence-electron chi connectivity index (χ0n) is 28.7. The molecule has 0 aliphatic heterocycles. The number of benzene rings is 7. The molecule has 0 saturated carbocycles. The smallest absolute Gasteiger partial charge is 0.160 e. The molecule has 242 valence electrons. The summed E-state index contributed by atoms with van der Waals surface area (Å²) in [6, 6.07) is 64.9. The molecule has 9 rings (SSSR count). The van der Waals surface area contributed by atoms with E-state index in [-0.39, 0.29) is 5.41 Å². The molecular formula is C49H36N2. The average Bonchev–Trinajstić information content (AvgIpc) is 3.44. The zero-order valence-corrected chi connectivity index (χ0v) is 28.7. The molecule has 2 nitrogen and oxygen atoms in total. The molecule has 51 heavy (non-hydrogen) atoms. The Labute approximate surface area is 299 Å². The second-order valence-corrected chi connectivity index (χ2v) is 13.9. The monoisotopic (exact) mass is 652 g/mol. The van der Waals surface area contributed by atoms with Gasteiger partial charge in [-0.05, 0) is 79.9 Å². The topological polar surface area (TPSA) is 25.8 Å². The average molecular weight is 653 g/mol. The van der Waals surface area contributed by atoms with Gasteiger partial charge >= 0.3 is 0 Å². The van der Waals surface area contributed by atoms with Crippen LogP contribution in [-0.4, -0.2) is 9.97 Å². The predicted octanol–water partition coefficient (Wildman–Crippen LogP) is 12.8. The highest BCUT2D eigenvalue weighted by atomic mass is 14.9. The molecule has 0 atom stereocenters. The standard InChI is InChI=1S/C49H36N2/c1-49(2)44-22-10-9-21-42(44)43-28-27-40(31-45(43)49)38-18-11-17-37(29-38)39-19-12-20-41(30-39)47-32-46(35-15-7-4-8-16-35)50-48(51-47)36-25-23-34(24-26-36)33-13-5-3-6-14-33/h3-32H,1-2H3. The maximum absolute atomic E-state index is 5.15. The summed E-state index contributed by atoms with van der Waals surface area (Å²) in [6.07, 6.45) is 0. The van der Waals surface area contributed by atoms with Crippen LogP contribution in [0.2, 0.25) is 0 Å². The fourth-order valence-electron chi connectivity index (χ4n) is 7.54. The van der Waals surface area contributed by atoms with Crippen LogP contribution in [0.5, 0.6) is 0 Å². The first-order valence-corrected chi connectivity index (χ1v) is 17.6. The van der Waals surface area contributed by atoms with Crippen LogP contribution in [0.4, 0.5) is 0 Å². The molecule has 8 aromatic rings. The summed E-state index contributed by atoms with van der Waals surface area (Å²) in [5, 5.41) is 0. The van der Waals surface area contributed by atoms with Gasteiger partial charge < -0.3 is 0 Å². The summed E-state index contributed by atoms with van der Waals surface area (Å²) in [5.74, 6) is 0.708. The van der Waals surface area contributed by atoms with Crippen LogP contribution in [0.1, 0.15) is 25.0 Å². The second kappa shape index (κ2) is 12.5. The molecule has 0 saturated heterocycles. The third-order valence-electron chi connectivity index (χ3n) is 10.3. The minimum Gasteiger partial charge on any atom is -0.228 e. The van der Waals surface area contributed by atoms with Gasteiger partial charge in [0.2, 0.25) is 0 Å². The largest absolute Gasteiger partial charge is 0.228 e. The first kappa shape index (κ1) is 30.7. The van der Waals surface area contributed by atoms with E-state index in [9.17, 15) is 0 Å². The Bertz CT molecular complexity index is 2530. The van der Waals surface area contributed by atoms with Crippen LogP contribution in [0.25, 0.3) is 78.4 Å². The van der Waals surface area contributed by atoms with Crippen LogP contribution in [-0.2, 0) is 5.41 Å². The molecule has 0 fully saturated rings. The van der Waals surface area contributed by atoms with E-state index in [0.717, 1.165) is 33.6 Å². The Kier molecular flexibility index (Phi) is 7.51. The van der Waals surface area contributed by atoms with Gasteiger partial charge in [-0.3, -0.25) is 0 Å². The lowest BCUT2D eigenvalue weighted by atomic mass is 9.81. The van der Waals surface area contributed by atoms with Gasteiger partial charge in [0.1, 0.15) is 0 Å². The number of nitrogens with zero attached hydrogens (tertiary/aromatic N) is 2. The first-order chi connectivity index (χ1) is 25.0. The number of hydrogen-bond donors (Lipinski definition) is 0. The van der Waals surface area contributed by atoms with Crippen LogP contribution >= 0.6 is 0 Å². The maximum Gasteiger partial charge on any atom is 0.160 e. The van der Waals surface area contributed by atoms with Crippen molar-refractivity contribution in [3.05, 3.63) is 193 Å². The van der Waals surface area contributed by atoms with Gasteiger partial charge in [0.15, 0.2) is 5.82 Å². The van der Waals surface area contributed by atoms with Crippen molar-refractivity contribution in [1.82, 2.24) is 9.97 Å². The minimum atomic E-state index is -0.0349. The van der Waals surface area contributed by atoms with Gasteiger partial charge in [0.25, 0.3) is 0 Å². The van der Waals surface area contributed by atoms with Crippen molar-refractivity contribution < 1.29 is 0 Å². The van der Waals surface area contributed by atoms with E-state index in [4.69, 9.17) is 9.97 Å². The Hall–Kier alpha value is -6.38. The van der Waals surface area contributed by atoms with Gasteiger partial charge in [-0.1, -0.05) is 172 Å². The summed E-state index contributed by atoms with van der Waals surface area (Å²) in [4.78, 5) is 10.2. The van der Waals surface area contributed by atoms with Gasteiger partial charge in [-0.25, -0.2) is 9.97 Å². The fraction of sp³-hybridized carbons (Fsp3) is 0.0612. The van der Waals surface area contributed by atoms with Crippen molar-refractivity contribution in [2.75, 3.05) is 0 Å². The molecule has 0 bridgehead atoms. The van der Waals surface area contributed by atoms with Gasteiger partial charge in [0, 0.05) is 22.1 Å². The summed E-state index contributed by atoms with van der Waals surface area (Å²) in [5.41, 5.74) is 17.5. The molecule has 0 N–H and O–H groups in total. The lowest BCUT2D eigenvalue weighted by molar-refractivity contribution is 0.660. The Morgan fingerprint density at radius 2 is 0.765 bits per heavy atom. The molecule has 1 aliphatic carbocycles. The summed E-state index contributed by atoms with van der Waals surface area (Å²) >= 11 is 0. The van der Waals surface area contributed by atoms with E-state index in [1.54, 1.807) is 0 Å². The second-order valence-electron chi connectivity index (χ2n) is 13.9. The number of rotatable bonds is 6. The zero-order chi connectivity index (χ0) is 34.4. The van der Waals surface area contributed by atoms with E-state index in [1.807, 2.05) is 12.1 Å². The molecule has 1 aliphatic rings. The van der Waals surface area contributed by atoms with Crippen molar-refractivity contribution >= 4 is 0 Å². The van der Waals surface area contributed by atoms with E-state index < -0.39 is 0 Å². The third kappa shape index (κ3) is 5.65. The Morgan fingerprint density at radius 3 is 1.45 bits per heavy atom. The molecule has 0 radical (unpaired) electrons. The van der Waals surface area contributed by atoms with Crippen molar-refractivity contribution in [2.24, 2.45) is 0 Å². The van der Waals surface area contributed by atoms with Crippen LogP contribution in [0.3, 0.4) is 0 Å². The molecule has 1 aromatic heterocycles. The highest BCUT2D eigenvalue weighted by molar-refractivity contribution is 5.85. The first-order valence-electron chi connectivity index (χ1n) is 17.6. The minimum absolute atomic E-state index is 0.0349. The number of aromatic nitrogens is 2. The Morgan fingerprint density at radius 1 is 0.314 bits per heavy atom. The van der Waals surface area contributed by atoms with Crippen molar-refractivity contribution in [2.45, 2.75) is 19.3 Å². The summed E-state index contributed by atoms with van der Waals surface area (Å²) in [7, 11) is 0. The lowest BCUT2D eigenvalue weighted by Crippen LogP contribution is -2.14. The molecule has 7 aromatic carbocycles. The summed E-state index contributed by atoms with van der Waals surface area (Å²) < 4.78 is 0. The molecule has 0 unspecified atom stereocenters. The lowest BCUT2D eigenvalue weighted by Gasteiger charge is -2.22. The van der Waals surface area contributed by atoms with Crippen molar-refractivity contribution in [3.63, 3.8) is 0 Å². The molecule has 1 heterocycles. The van der Waals surface area contributed by atoms with Crippen LogP contribution in [0, 0.1) is 0 Å². The SMILES string of the molecule is CC1(C)c2ccccc2-c2ccc(-c3cccc(-c4cccc(-c5cc(-c6ccccc6)nc(-c6ccc(-c7ccccc7)cc6)n5)c4)c3)cc21. The molecule has 2 heteroatoms. The molecular weight excluding hydrogens is 617 g/mol. The Balaban J connectivity index is 1.08. The molecule has 0 spiro atoms. The highest BCUT2D eigenvalue weighted by Crippen LogP contribution is 2.49. The van der Waals surface area contributed by atoms with Gasteiger partial charge in [0.05, 0.1) is 11.4 Å². The predicted molar refractivity (Wildman–Crippen MR) is 212 cm³/mol. The normalized spacial score (nSPS) is 12.7.